The normalized spacial score (nSPS) is 12.9. The molecule has 6 nitrogen and oxygen atoms in total. The van der Waals surface area contributed by atoms with Crippen molar-refractivity contribution in [2.45, 2.75) is 24.3 Å². The highest BCUT2D eigenvalue weighted by Gasteiger charge is 2.27. The van der Waals surface area contributed by atoms with Crippen molar-refractivity contribution in [2.24, 2.45) is 0 Å². The lowest BCUT2D eigenvalue weighted by atomic mass is 10.2. The van der Waals surface area contributed by atoms with E-state index in [2.05, 4.69) is 4.72 Å². The quantitative estimate of drug-likeness (QED) is 0.721. The number of likely N-dealkylation sites (N-methyl/N-ethyl adjacent to an activating group) is 1. The predicted molar refractivity (Wildman–Crippen MR) is 88.1 cm³/mol. The average Bonchev–Trinajstić information content (AvgIpc) is 2.50. The van der Waals surface area contributed by atoms with Crippen molar-refractivity contribution in [3.63, 3.8) is 0 Å². The molecular weight excluding hydrogens is 324 g/mol. The van der Waals surface area contributed by atoms with Gasteiger partial charge in [-0.05, 0) is 37.5 Å². The van der Waals surface area contributed by atoms with Crippen LogP contribution in [0.4, 0.5) is 0 Å². The summed E-state index contributed by atoms with van der Waals surface area (Å²) in [4.78, 5) is 17.2. The molecule has 0 aromatic heterocycles. The molecule has 0 aliphatic rings. The topological polar surface area (TPSA) is 75.7 Å². The minimum absolute atomic E-state index is 0.139. The van der Waals surface area contributed by atoms with Gasteiger partial charge in [0.1, 0.15) is 6.04 Å². The summed E-state index contributed by atoms with van der Waals surface area (Å²) >= 11 is 1.54. The molecule has 1 atom stereocenters. The summed E-state index contributed by atoms with van der Waals surface area (Å²) in [5, 5.41) is 1.03. The molecule has 0 radical (unpaired) electrons. The molecule has 0 fully saturated rings. The number of carbonyl (C=O) groups excluding carboxylic acids is 1. The van der Waals surface area contributed by atoms with E-state index in [-0.39, 0.29) is 4.90 Å². The van der Waals surface area contributed by atoms with Crippen molar-refractivity contribution in [3.8, 4) is 0 Å². The summed E-state index contributed by atoms with van der Waals surface area (Å²) in [6, 6.07) is 5.62. The SMILES string of the molecule is CON(C)C(=O)[C@@H](CCSC)NS(=O)(=O)c1ccc(C)cc1. The van der Waals surface area contributed by atoms with Crippen LogP contribution >= 0.6 is 11.8 Å². The van der Waals surface area contributed by atoms with Gasteiger partial charge in [0.15, 0.2) is 0 Å². The lowest BCUT2D eigenvalue weighted by molar-refractivity contribution is -0.170. The highest BCUT2D eigenvalue weighted by molar-refractivity contribution is 7.98. The second-order valence-electron chi connectivity index (χ2n) is 4.79. The number of hydroxylamine groups is 2. The Hall–Kier alpha value is -1.09. The summed E-state index contributed by atoms with van der Waals surface area (Å²) in [6.07, 6.45) is 2.29. The molecule has 124 valence electrons. The first kappa shape index (κ1) is 19.0. The van der Waals surface area contributed by atoms with Crippen molar-refractivity contribution in [2.75, 3.05) is 26.2 Å². The number of nitrogens with one attached hydrogen (secondary N) is 1. The van der Waals surface area contributed by atoms with E-state index in [1.807, 2.05) is 13.2 Å². The van der Waals surface area contributed by atoms with E-state index in [4.69, 9.17) is 4.84 Å². The second kappa shape index (κ2) is 8.52. The number of hydrogen-bond acceptors (Lipinski definition) is 5. The van der Waals surface area contributed by atoms with Crippen molar-refractivity contribution in [1.82, 2.24) is 9.79 Å². The van der Waals surface area contributed by atoms with E-state index in [1.165, 1.54) is 26.3 Å². The first-order valence-corrected chi connectivity index (χ1v) is 9.59. The number of benzene rings is 1. The third-order valence-corrected chi connectivity index (χ3v) is 5.25. The number of nitrogens with zero attached hydrogens (tertiary/aromatic N) is 1. The van der Waals surface area contributed by atoms with E-state index in [1.54, 1.807) is 23.9 Å². The summed E-state index contributed by atoms with van der Waals surface area (Å²) in [5.74, 6) is 0.233. The van der Waals surface area contributed by atoms with Gasteiger partial charge in [-0.3, -0.25) is 9.63 Å². The number of thioether (sulfide) groups is 1. The van der Waals surface area contributed by atoms with E-state index in [0.717, 1.165) is 10.6 Å². The van der Waals surface area contributed by atoms with E-state index >= 15 is 0 Å². The number of rotatable bonds is 8. The van der Waals surface area contributed by atoms with Gasteiger partial charge in [-0.15, -0.1) is 0 Å². The molecule has 8 heteroatoms. The van der Waals surface area contributed by atoms with E-state index in [9.17, 15) is 13.2 Å². The van der Waals surface area contributed by atoms with Crippen LogP contribution in [0.15, 0.2) is 29.2 Å². The Morgan fingerprint density at radius 1 is 1.36 bits per heavy atom. The standard InChI is InChI=1S/C14H22N2O4S2/c1-11-5-7-12(8-6-11)22(18,19)15-13(9-10-21-4)14(17)16(2)20-3/h5-8,13,15H,9-10H2,1-4H3/t13-/m1/s1. The van der Waals surface area contributed by atoms with E-state index in [0.29, 0.717) is 12.2 Å². The predicted octanol–water partition coefficient (Wildman–Crippen LogP) is 1.41. The highest BCUT2D eigenvalue weighted by Crippen LogP contribution is 2.13. The average molecular weight is 346 g/mol. The fraction of sp³-hybridized carbons (Fsp3) is 0.500. The van der Waals surface area contributed by atoms with Gasteiger partial charge in [-0.2, -0.15) is 16.5 Å². The number of hydrogen-bond donors (Lipinski definition) is 1. The van der Waals surface area contributed by atoms with E-state index < -0.39 is 22.0 Å². The monoisotopic (exact) mass is 346 g/mol. The molecule has 0 saturated carbocycles. The van der Waals surface area contributed by atoms with Crippen LogP contribution < -0.4 is 4.72 Å². The van der Waals surface area contributed by atoms with Gasteiger partial charge in [0, 0.05) is 7.05 Å². The summed E-state index contributed by atoms with van der Waals surface area (Å²) < 4.78 is 27.3. The third-order valence-electron chi connectivity index (χ3n) is 3.12. The van der Waals surface area contributed by atoms with Gasteiger partial charge >= 0.3 is 0 Å². The van der Waals surface area contributed by atoms with Gasteiger partial charge in [0.2, 0.25) is 10.0 Å². The van der Waals surface area contributed by atoms with Crippen LogP contribution in [0.2, 0.25) is 0 Å². The van der Waals surface area contributed by atoms with Crippen LogP contribution in [0.1, 0.15) is 12.0 Å². The highest BCUT2D eigenvalue weighted by atomic mass is 32.2. The minimum Gasteiger partial charge on any atom is -0.275 e. The van der Waals surface area contributed by atoms with Crippen molar-refractivity contribution in [1.29, 1.82) is 0 Å². The maximum atomic E-state index is 12.4. The largest absolute Gasteiger partial charge is 0.275 e. The maximum absolute atomic E-state index is 12.4. The zero-order valence-corrected chi connectivity index (χ0v) is 14.8. The van der Waals surface area contributed by atoms with Crippen molar-refractivity contribution in [3.05, 3.63) is 29.8 Å². The molecule has 1 N–H and O–H groups in total. The smallest absolute Gasteiger partial charge is 0.264 e. The molecule has 0 spiro atoms. The van der Waals surface area contributed by atoms with Gasteiger partial charge in [0.25, 0.3) is 5.91 Å². The Morgan fingerprint density at radius 2 is 1.95 bits per heavy atom. The molecule has 0 bridgehead atoms. The molecule has 0 aliphatic heterocycles. The zero-order valence-electron chi connectivity index (χ0n) is 13.2. The summed E-state index contributed by atoms with van der Waals surface area (Å²) in [6.45, 7) is 1.88. The Balaban J connectivity index is 2.96. The lowest BCUT2D eigenvalue weighted by Gasteiger charge is -2.22. The number of amides is 1. The molecule has 0 aliphatic carbocycles. The van der Waals surface area contributed by atoms with Crippen LogP contribution in [0, 0.1) is 6.92 Å². The minimum atomic E-state index is -3.76. The maximum Gasteiger partial charge on any atom is 0.264 e. The van der Waals surface area contributed by atoms with Gasteiger partial charge in [-0.25, -0.2) is 13.5 Å². The molecule has 1 aromatic rings. The lowest BCUT2D eigenvalue weighted by Crippen LogP contribution is -2.47. The first-order valence-electron chi connectivity index (χ1n) is 6.71. The molecule has 0 heterocycles. The molecule has 1 amide bonds. The van der Waals surface area contributed by atoms with Crippen LogP contribution in [-0.2, 0) is 19.7 Å². The van der Waals surface area contributed by atoms with Crippen LogP contribution in [0.25, 0.3) is 0 Å². The van der Waals surface area contributed by atoms with Crippen LogP contribution in [-0.4, -0.2) is 51.6 Å². The molecule has 0 saturated heterocycles. The molecule has 22 heavy (non-hydrogen) atoms. The molecule has 1 rings (SSSR count). The zero-order chi connectivity index (χ0) is 16.8. The summed E-state index contributed by atoms with van der Waals surface area (Å²) in [7, 11) is -0.944. The fourth-order valence-corrected chi connectivity index (χ4v) is 3.45. The number of carbonyl (C=O) groups is 1. The fourth-order valence-electron chi connectivity index (χ4n) is 1.75. The Kier molecular flexibility index (Phi) is 7.34. The third kappa shape index (κ3) is 5.28. The molecular formula is C14H22N2O4S2. The molecule has 1 aromatic carbocycles. The second-order valence-corrected chi connectivity index (χ2v) is 7.49. The van der Waals surface area contributed by atoms with Crippen LogP contribution in [0.3, 0.4) is 0 Å². The summed E-state index contributed by atoms with van der Waals surface area (Å²) in [5.41, 5.74) is 0.966. The van der Waals surface area contributed by atoms with Gasteiger partial charge in [0.05, 0.1) is 12.0 Å². The Bertz CT molecular complexity index is 587. The van der Waals surface area contributed by atoms with Crippen molar-refractivity contribution < 1.29 is 18.0 Å². The van der Waals surface area contributed by atoms with Gasteiger partial charge < -0.3 is 0 Å². The number of aryl methyl sites for hydroxylation is 1. The van der Waals surface area contributed by atoms with Gasteiger partial charge in [-0.1, -0.05) is 17.7 Å². The Morgan fingerprint density at radius 3 is 2.45 bits per heavy atom. The first-order chi connectivity index (χ1) is 10.3. The van der Waals surface area contributed by atoms with Crippen molar-refractivity contribution >= 4 is 27.7 Å². The molecule has 0 unspecified atom stereocenters. The Labute approximate surface area is 136 Å². The number of sulfonamides is 1. The van der Waals surface area contributed by atoms with Crippen LogP contribution in [0.5, 0.6) is 0 Å².